The van der Waals surface area contributed by atoms with Crippen molar-refractivity contribution >= 4 is 17.0 Å². The van der Waals surface area contributed by atoms with Gasteiger partial charge in [-0.25, -0.2) is 0 Å². The molecular weight excluding hydrogens is 234 g/mol. The van der Waals surface area contributed by atoms with Crippen LogP contribution in [0.25, 0.3) is 0 Å². The van der Waals surface area contributed by atoms with Gasteiger partial charge in [0.05, 0.1) is 0 Å². The van der Waals surface area contributed by atoms with E-state index in [0.717, 1.165) is 17.6 Å². The van der Waals surface area contributed by atoms with Crippen LogP contribution in [0.5, 0.6) is 0 Å². The van der Waals surface area contributed by atoms with Gasteiger partial charge in [-0.05, 0) is 30.2 Å². The predicted octanol–water partition coefficient (Wildman–Crippen LogP) is 3.03. The van der Waals surface area contributed by atoms with Gasteiger partial charge in [-0.15, -0.1) is 0 Å². The second kappa shape index (κ2) is 5.56. The maximum atomic E-state index is 10.9. The zero-order valence-corrected chi connectivity index (χ0v) is 10.1. The summed E-state index contributed by atoms with van der Waals surface area (Å²) < 4.78 is 0. The Morgan fingerprint density at radius 3 is 2.59 bits per heavy atom. The van der Waals surface area contributed by atoms with Gasteiger partial charge < -0.3 is 4.90 Å². The van der Waals surface area contributed by atoms with Crippen molar-refractivity contribution in [2.75, 3.05) is 13.1 Å². The van der Waals surface area contributed by atoms with Gasteiger partial charge in [0.1, 0.15) is 0 Å². The minimum absolute atomic E-state index is 0.392. The number of hydrogen-bond donors (Lipinski definition) is 0. The van der Waals surface area contributed by atoms with Crippen LogP contribution in [0.4, 0.5) is 4.79 Å². The lowest BCUT2D eigenvalue weighted by Gasteiger charge is -2.21. The standard InChI is InChI=1S/C14H12ClNO/c15-14(17)16-10-8-13(9-11-16)7-6-12-4-2-1-3-5-12/h1-5,8H,9-11H2. The lowest BCUT2D eigenvalue weighted by Crippen LogP contribution is -2.30. The molecule has 86 valence electrons. The Bertz CT molecular complexity index is 496. The fraction of sp³-hybridized carbons (Fsp3) is 0.214. The Morgan fingerprint density at radius 1 is 1.24 bits per heavy atom. The zero-order chi connectivity index (χ0) is 12.1. The van der Waals surface area contributed by atoms with Gasteiger partial charge in [0, 0.05) is 24.2 Å². The summed E-state index contributed by atoms with van der Waals surface area (Å²) in [5.74, 6) is 6.23. The highest BCUT2D eigenvalue weighted by Gasteiger charge is 2.13. The highest BCUT2D eigenvalue weighted by atomic mass is 35.5. The zero-order valence-electron chi connectivity index (χ0n) is 9.32. The molecule has 0 radical (unpaired) electrons. The fourth-order valence-corrected chi connectivity index (χ4v) is 1.77. The molecule has 0 atom stereocenters. The average Bonchev–Trinajstić information content (AvgIpc) is 2.38. The van der Waals surface area contributed by atoms with Crippen LogP contribution >= 0.6 is 11.6 Å². The first kappa shape index (κ1) is 11.8. The highest BCUT2D eigenvalue weighted by Crippen LogP contribution is 2.11. The van der Waals surface area contributed by atoms with Crippen molar-refractivity contribution in [2.45, 2.75) is 6.42 Å². The van der Waals surface area contributed by atoms with Crippen LogP contribution in [0.3, 0.4) is 0 Å². The minimum atomic E-state index is -0.392. The quantitative estimate of drug-likeness (QED) is 0.391. The molecule has 0 unspecified atom stereocenters. The second-order valence-electron chi connectivity index (χ2n) is 3.79. The molecule has 1 aliphatic rings. The molecule has 1 heterocycles. The van der Waals surface area contributed by atoms with E-state index >= 15 is 0 Å². The third kappa shape index (κ3) is 3.37. The molecule has 1 amide bonds. The third-order valence-corrected chi connectivity index (χ3v) is 2.84. The first-order valence-electron chi connectivity index (χ1n) is 5.46. The van der Waals surface area contributed by atoms with Crippen LogP contribution in [0.2, 0.25) is 0 Å². The van der Waals surface area contributed by atoms with E-state index in [1.165, 1.54) is 0 Å². The summed E-state index contributed by atoms with van der Waals surface area (Å²) >= 11 is 5.40. The summed E-state index contributed by atoms with van der Waals surface area (Å²) in [6.07, 6.45) is 2.73. The maximum absolute atomic E-state index is 10.9. The van der Waals surface area contributed by atoms with E-state index in [0.29, 0.717) is 13.1 Å². The molecule has 0 N–H and O–H groups in total. The number of benzene rings is 1. The summed E-state index contributed by atoms with van der Waals surface area (Å²) in [4.78, 5) is 12.5. The first-order valence-corrected chi connectivity index (χ1v) is 5.84. The summed E-state index contributed by atoms with van der Waals surface area (Å²) in [5, 5.41) is -0.392. The van der Waals surface area contributed by atoms with Crippen molar-refractivity contribution in [3.63, 3.8) is 0 Å². The van der Waals surface area contributed by atoms with Crippen LogP contribution in [-0.2, 0) is 0 Å². The van der Waals surface area contributed by atoms with Crippen LogP contribution in [-0.4, -0.2) is 23.4 Å². The van der Waals surface area contributed by atoms with Crippen LogP contribution < -0.4 is 0 Å². The van der Waals surface area contributed by atoms with E-state index in [1.54, 1.807) is 4.90 Å². The number of halogens is 1. The normalized spacial score (nSPS) is 14.6. The van der Waals surface area contributed by atoms with Gasteiger partial charge in [0.25, 0.3) is 0 Å². The first-order chi connectivity index (χ1) is 8.25. The molecule has 17 heavy (non-hydrogen) atoms. The van der Waals surface area contributed by atoms with Crippen LogP contribution in [0, 0.1) is 11.8 Å². The maximum Gasteiger partial charge on any atom is 0.316 e. The molecule has 0 saturated carbocycles. The van der Waals surface area contributed by atoms with E-state index < -0.39 is 5.37 Å². The van der Waals surface area contributed by atoms with Crippen molar-refractivity contribution in [3.8, 4) is 11.8 Å². The van der Waals surface area contributed by atoms with Gasteiger partial charge in [0.15, 0.2) is 0 Å². The Kier molecular flexibility index (Phi) is 3.85. The number of nitrogens with zero attached hydrogens (tertiary/aromatic N) is 1. The molecule has 2 rings (SSSR count). The van der Waals surface area contributed by atoms with Gasteiger partial charge in [-0.1, -0.05) is 36.1 Å². The lowest BCUT2D eigenvalue weighted by molar-refractivity contribution is 0.226. The summed E-state index contributed by atoms with van der Waals surface area (Å²) in [7, 11) is 0. The second-order valence-corrected chi connectivity index (χ2v) is 4.12. The van der Waals surface area contributed by atoms with Crippen molar-refractivity contribution in [1.82, 2.24) is 4.90 Å². The van der Waals surface area contributed by atoms with Crippen molar-refractivity contribution in [1.29, 1.82) is 0 Å². The molecule has 0 aromatic heterocycles. The lowest BCUT2D eigenvalue weighted by atomic mass is 10.1. The SMILES string of the molecule is O=C(Cl)N1CC=C(C#Cc2ccccc2)CC1. The van der Waals surface area contributed by atoms with E-state index in [1.807, 2.05) is 36.4 Å². The van der Waals surface area contributed by atoms with E-state index in [9.17, 15) is 4.79 Å². The monoisotopic (exact) mass is 245 g/mol. The molecule has 0 aliphatic carbocycles. The molecule has 0 fully saturated rings. The summed E-state index contributed by atoms with van der Waals surface area (Å²) in [5.41, 5.74) is 2.08. The van der Waals surface area contributed by atoms with Crippen molar-refractivity contribution in [3.05, 3.63) is 47.5 Å². The minimum Gasteiger partial charge on any atom is -0.325 e. The summed E-state index contributed by atoms with van der Waals surface area (Å²) in [6, 6.07) is 9.85. The largest absolute Gasteiger partial charge is 0.325 e. The van der Waals surface area contributed by atoms with E-state index in [-0.39, 0.29) is 0 Å². The van der Waals surface area contributed by atoms with Gasteiger partial charge in [-0.2, -0.15) is 0 Å². The van der Waals surface area contributed by atoms with Crippen LogP contribution in [0.15, 0.2) is 42.0 Å². The van der Waals surface area contributed by atoms with Gasteiger partial charge >= 0.3 is 5.37 Å². The average molecular weight is 246 g/mol. The molecule has 0 saturated heterocycles. The third-order valence-electron chi connectivity index (χ3n) is 2.60. The number of hydrogen-bond acceptors (Lipinski definition) is 1. The molecule has 3 heteroatoms. The molecule has 0 spiro atoms. The Hall–Kier alpha value is -1.72. The number of rotatable bonds is 0. The van der Waals surface area contributed by atoms with Crippen molar-refractivity contribution < 1.29 is 4.79 Å². The predicted molar refractivity (Wildman–Crippen MR) is 68.8 cm³/mol. The Balaban J connectivity index is 2.03. The van der Waals surface area contributed by atoms with E-state index in [4.69, 9.17) is 11.6 Å². The molecule has 1 aromatic carbocycles. The fourth-order valence-electron chi connectivity index (χ4n) is 1.62. The Labute approximate surface area is 106 Å². The molecule has 1 aromatic rings. The topological polar surface area (TPSA) is 20.3 Å². The molecule has 0 bridgehead atoms. The molecule has 1 aliphatic heterocycles. The highest BCUT2D eigenvalue weighted by molar-refractivity contribution is 6.62. The smallest absolute Gasteiger partial charge is 0.316 e. The number of carbonyl (C=O) groups excluding carboxylic acids is 1. The van der Waals surface area contributed by atoms with E-state index in [2.05, 4.69) is 11.8 Å². The number of amides is 1. The Morgan fingerprint density at radius 2 is 2.00 bits per heavy atom. The molecular formula is C14H12ClNO. The van der Waals surface area contributed by atoms with Crippen LogP contribution in [0.1, 0.15) is 12.0 Å². The van der Waals surface area contributed by atoms with Gasteiger partial charge in [-0.3, -0.25) is 4.79 Å². The number of carbonyl (C=O) groups is 1. The van der Waals surface area contributed by atoms with Gasteiger partial charge in [0.2, 0.25) is 0 Å². The van der Waals surface area contributed by atoms with Crippen molar-refractivity contribution in [2.24, 2.45) is 0 Å². The summed E-state index contributed by atoms with van der Waals surface area (Å²) in [6.45, 7) is 1.21. The molecule has 2 nitrogen and oxygen atoms in total.